The summed E-state index contributed by atoms with van der Waals surface area (Å²) < 4.78 is 5.24. The molecule has 1 aromatic carbocycles. The van der Waals surface area contributed by atoms with Crippen LogP contribution in [0.25, 0.3) is 0 Å². The third-order valence-electron chi connectivity index (χ3n) is 2.20. The molecule has 0 amide bonds. The number of hydrogen-bond donors (Lipinski definition) is 2. The molecule has 0 fully saturated rings. The lowest BCUT2D eigenvalue weighted by atomic mass is 10.1. The molecule has 0 saturated heterocycles. The van der Waals surface area contributed by atoms with E-state index in [1.807, 2.05) is 51.1 Å². The van der Waals surface area contributed by atoms with Crippen molar-refractivity contribution in [3.63, 3.8) is 0 Å². The molecule has 0 radical (unpaired) electrons. The highest BCUT2D eigenvalue weighted by Gasteiger charge is 2.09. The second-order valence-electron chi connectivity index (χ2n) is 3.77. The molecule has 0 aliphatic carbocycles. The van der Waals surface area contributed by atoms with Crippen LogP contribution in [0.3, 0.4) is 0 Å². The Morgan fingerprint density at radius 2 is 1.76 bits per heavy atom. The van der Waals surface area contributed by atoms with Crippen LogP contribution in [0, 0.1) is 5.92 Å². The molecular weight excluding hydrogens is 216 g/mol. The van der Waals surface area contributed by atoms with E-state index in [-0.39, 0.29) is 12.5 Å². The lowest BCUT2D eigenvalue weighted by Gasteiger charge is -2.15. The van der Waals surface area contributed by atoms with Crippen molar-refractivity contribution >= 4 is 0 Å². The van der Waals surface area contributed by atoms with E-state index >= 15 is 0 Å². The first kappa shape index (κ1) is 16.1. The summed E-state index contributed by atoms with van der Waals surface area (Å²) in [6.07, 6.45) is -0.337. The topological polar surface area (TPSA) is 49.7 Å². The Labute approximate surface area is 104 Å². The zero-order valence-electron chi connectivity index (χ0n) is 11.0. The predicted octanol–water partition coefficient (Wildman–Crippen LogP) is 2.57. The maximum atomic E-state index is 9.48. The van der Waals surface area contributed by atoms with Crippen LogP contribution in [0.5, 0.6) is 0 Å². The SMILES string of the molecule is CC.CC(CO)CC(O)OCc1ccccc1. The van der Waals surface area contributed by atoms with Crippen molar-refractivity contribution in [3.8, 4) is 0 Å². The number of aliphatic hydroxyl groups excluding tert-OH is 2. The Bertz CT molecular complexity index is 261. The van der Waals surface area contributed by atoms with Gasteiger partial charge < -0.3 is 14.9 Å². The molecule has 0 aliphatic heterocycles. The van der Waals surface area contributed by atoms with Crippen LogP contribution in [0.2, 0.25) is 0 Å². The highest BCUT2D eigenvalue weighted by Crippen LogP contribution is 2.09. The number of ether oxygens (including phenoxy) is 1. The Morgan fingerprint density at radius 3 is 2.29 bits per heavy atom. The quantitative estimate of drug-likeness (QED) is 0.751. The van der Waals surface area contributed by atoms with Crippen molar-refractivity contribution < 1.29 is 14.9 Å². The van der Waals surface area contributed by atoms with Crippen LogP contribution >= 0.6 is 0 Å². The van der Waals surface area contributed by atoms with Crippen LogP contribution in [-0.2, 0) is 11.3 Å². The van der Waals surface area contributed by atoms with Crippen LogP contribution in [0.4, 0.5) is 0 Å². The van der Waals surface area contributed by atoms with Gasteiger partial charge in [-0.3, -0.25) is 0 Å². The Balaban J connectivity index is 0.00000121. The van der Waals surface area contributed by atoms with E-state index in [1.165, 1.54) is 0 Å². The van der Waals surface area contributed by atoms with Gasteiger partial charge in [0.15, 0.2) is 6.29 Å². The molecule has 1 aromatic rings. The van der Waals surface area contributed by atoms with E-state index in [0.29, 0.717) is 13.0 Å². The average Bonchev–Trinajstić information content (AvgIpc) is 2.40. The van der Waals surface area contributed by atoms with E-state index in [4.69, 9.17) is 9.84 Å². The Morgan fingerprint density at radius 1 is 1.18 bits per heavy atom. The second-order valence-corrected chi connectivity index (χ2v) is 3.77. The fourth-order valence-corrected chi connectivity index (χ4v) is 1.25. The molecule has 98 valence electrons. The molecule has 0 aliphatic rings. The van der Waals surface area contributed by atoms with Gasteiger partial charge in [-0.05, 0) is 11.5 Å². The summed E-state index contributed by atoms with van der Waals surface area (Å²) in [4.78, 5) is 0. The van der Waals surface area contributed by atoms with E-state index in [9.17, 15) is 5.11 Å². The van der Waals surface area contributed by atoms with E-state index < -0.39 is 6.29 Å². The molecule has 2 unspecified atom stereocenters. The summed E-state index contributed by atoms with van der Waals surface area (Å²) >= 11 is 0. The third-order valence-corrected chi connectivity index (χ3v) is 2.20. The van der Waals surface area contributed by atoms with Gasteiger partial charge in [0.1, 0.15) is 0 Å². The standard InChI is InChI=1S/C12H18O3.C2H6/c1-10(8-13)7-12(14)15-9-11-5-3-2-4-6-11;1-2/h2-6,10,12-14H,7-9H2,1H3;1-2H3. The molecule has 3 nitrogen and oxygen atoms in total. The van der Waals surface area contributed by atoms with Crippen molar-refractivity contribution in [1.29, 1.82) is 0 Å². The smallest absolute Gasteiger partial charge is 0.155 e. The molecule has 2 N–H and O–H groups in total. The number of rotatable bonds is 6. The lowest BCUT2D eigenvalue weighted by molar-refractivity contribution is -0.120. The van der Waals surface area contributed by atoms with Crippen LogP contribution < -0.4 is 0 Å². The molecule has 2 atom stereocenters. The molecule has 0 aromatic heterocycles. The van der Waals surface area contributed by atoms with Gasteiger partial charge in [0.05, 0.1) is 6.61 Å². The fourth-order valence-electron chi connectivity index (χ4n) is 1.25. The average molecular weight is 240 g/mol. The van der Waals surface area contributed by atoms with Gasteiger partial charge >= 0.3 is 0 Å². The summed E-state index contributed by atoms with van der Waals surface area (Å²) in [7, 11) is 0. The maximum absolute atomic E-state index is 9.48. The number of benzene rings is 1. The first-order valence-corrected chi connectivity index (χ1v) is 6.17. The molecule has 1 rings (SSSR count). The highest BCUT2D eigenvalue weighted by atomic mass is 16.6. The van der Waals surface area contributed by atoms with Crippen LogP contribution in [-0.4, -0.2) is 23.1 Å². The lowest BCUT2D eigenvalue weighted by Crippen LogP contribution is -2.17. The van der Waals surface area contributed by atoms with Gasteiger partial charge in [-0.15, -0.1) is 0 Å². The van der Waals surface area contributed by atoms with Gasteiger partial charge in [-0.25, -0.2) is 0 Å². The zero-order valence-corrected chi connectivity index (χ0v) is 11.0. The summed E-state index contributed by atoms with van der Waals surface area (Å²) in [6.45, 7) is 6.35. The minimum absolute atomic E-state index is 0.0655. The first-order chi connectivity index (χ1) is 8.22. The van der Waals surface area contributed by atoms with Crippen molar-refractivity contribution in [2.75, 3.05) is 6.61 Å². The van der Waals surface area contributed by atoms with Crippen molar-refractivity contribution in [3.05, 3.63) is 35.9 Å². The van der Waals surface area contributed by atoms with E-state index in [1.54, 1.807) is 0 Å². The van der Waals surface area contributed by atoms with Crippen LogP contribution in [0.1, 0.15) is 32.8 Å². The first-order valence-electron chi connectivity index (χ1n) is 6.17. The Hall–Kier alpha value is -0.900. The number of hydrogen-bond acceptors (Lipinski definition) is 3. The second kappa shape index (κ2) is 10.3. The van der Waals surface area contributed by atoms with Crippen LogP contribution in [0.15, 0.2) is 30.3 Å². The molecule has 0 heterocycles. The van der Waals surface area contributed by atoms with Gasteiger partial charge in [0, 0.05) is 13.0 Å². The van der Waals surface area contributed by atoms with E-state index in [0.717, 1.165) is 5.56 Å². The molecular formula is C14H24O3. The van der Waals surface area contributed by atoms with Gasteiger partial charge in [-0.1, -0.05) is 51.1 Å². The zero-order chi connectivity index (χ0) is 13.1. The summed E-state index contributed by atoms with van der Waals surface area (Å²) in [5, 5.41) is 18.3. The predicted molar refractivity (Wildman–Crippen MR) is 69.5 cm³/mol. The number of aliphatic hydroxyl groups is 2. The Kier molecular flexibility index (Phi) is 9.72. The van der Waals surface area contributed by atoms with Crippen molar-refractivity contribution in [2.24, 2.45) is 5.92 Å². The van der Waals surface area contributed by atoms with Crippen molar-refractivity contribution in [2.45, 2.75) is 40.1 Å². The molecule has 17 heavy (non-hydrogen) atoms. The monoisotopic (exact) mass is 240 g/mol. The highest BCUT2D eigenvalue weighted by molar-refractivity contribution is 5.13. The fraction of sp³-hybridized carbons (Fsp3) is 0.571. The third kappa shape index (κ3) is 7.91. The molecule has 0 spiro atoms. The van der Waals surface area contributed by atoms with E-state index in [2.05, 4.69) is 0 Å². The molecule has 0 saturated carbocycles. The van der Waals surface area contributed by atoms with Gasteiger partial charge in [0.2, 0.25) is 0 Å². The van der Waals surface area contributed by atoms with Gasteiger partial charge in [-0.2, -0.15) is 0 Å². The minimum atomic E-state index is -0.799. The largest absolute Gasteiger partial charge is 0.396 e. The normalized spacial score (nSPS) is 13.5. The minimum Gasteiger partial charge on any atom is -0.396 e. The molecule has 3 heteroatoms. The molecule has 0 bridgehead atoms. The van der Waals surface area contributed by atoms with Gasteiger partial charge in [0.25, 0.3) is 0 Å². The summed E-state index contributed by atoms with van der Waals surface area (Å²) in [6, 6.07) is 9.70. The van der Waals surface area contributed by atoms with Crippen molar-refractivity contribution in [1.82, 2.24) is 0 Å². The summed E-state index contributed by atoms with van der Waals surface area (Å²) in [5.41, 5.74) is 1.04. The maximum Gasteiger partial charge on any atom is 0.155 e. The summed E-state index contributed by atoms with van der Waals surface area (Å²) in [5.74, 6) is 0.0655.